The van der Waals surface area contributed by atoms with Crippen LogP contribution in [-0.4, -0.2) is 12.6 Å². The minimum atomic E-state index is 0.206. The maximum atomic E-state index is 7.61. The van der Waals surface area contributed by atoms with Crippen molar-refractivity contribution < 1.29 is 0 Å². The third-order valence-electron chi connectivity index (χ3n) is 2.40. The van der Waals surface area contributed by atoms with E-state index in [4.69, 9.17) is 5.41 Å². The molecule has 0 aromatic heterocycles. The lowest BCUT2D eigenvalue weighted by Gasteiger charge is -2.03. The molecular formula is C14H12N2. The number of hydrogen-bond acceptors (Lipinski definition) is 1. The van der Waals surface area contributed by atoms with Crippen molar-refractivity contribution in [1.29, 1.82) is 5.41 Å². The van der Waals surface area contributed by atoms with Crippen molar-refractivity contribution >= 4 is 12.6 Å². The number of aliphatic imine (C=N–C) groups is 1. The lowest BCUT2D eigenvalue weighted by Crippen LogP contribution is -1.93. The summed E-state index contributed by atoms with van der Waals surface area (Å²) in [5, 5.41) is 7.61. The van der Waals surface area contributed by atoms with Crippen LogP contribution in [0.15, 0.2) is 59.6 Å². The van der Waals surface area contributed by atoms with Gasteiger partial charge in [-0.2, -0.15) is 0 Å². The standard InChI is InChI=1S/C14H12N2/c1-16-14(15)13-9-5-8-12(10-13)11-6-3-2-4-7-11/h2-10,15H,1H2. The average Bonchev–Trinajstić information content (AvgIpc) is 2.39. The van der Waals surface area contributed by atoms with Gasteiger partial charge in [-0.15, -0.1) is 0 Å². The summed E-state index contributed by atoms with van der Waals surface area (Å²) in [6.45, 7) is 3.36. The third kappa shape index (κ3) is 2.06. The van der Waals surface area contributed by atoms with E-state index in [0.717, 1.165) is 16.7 Å². The first-order valence-electron chi connectivity index (χ1n) is 5.02. The molecule has 0 bridgehead atoms. The number of hydrogen-bond donors (Lipinski definition) is 1. The maximum absolute atomic E-state index is 7.61. The zero-order valence-corrected chi connectivity index (χ0v) is 8.85. The van der Waals surface area contributed by atoms with Gasteiger partial charge in [-0.1, -0.05) is 48.5 Å². The summed E-state index contributed by atoms with van der Waals surface area (Å²) in [4.78, 5) is 3.63. The molecule has 0 fully saturated rings. The van der Waals surface area contributed by atoms with Crippen LogP contribution in [0.25, 0.3) is 11.1 Å². The van der Waals surface area contributed by atoms with Crippen molar-refractivity contribution in [3.8, 4) is 11.1 Å². The van der Waals surface area contributed by atoms with Gasteiger partial charge in [0.15, 0.2) is 5.84 Å². The Morgan fingerprint density at radius 1 is 0.938 bits per heavy atom. The Hall–Kier alpha value is -2.22. The molecule has 0 spiro atoms. The lowest BCUT2D eigenvalue weighted by atomic mass is 10.0. The fraction of sp³-hybridized carbons (Fsp3) is 0. The second-order valence-corrected chi connectivity index (χ2v) is 3.45. The third-order valence-corrected chi connectivity index (χ3v) is 2.40. The van der Waals surface area contributed by atoms with E-state index in [0.29, 0.717) is 0 Å². The van der Waals surface area contributed by atoms with Gasteiger partial charge >= 0.3 is 0 Å². The molecule has 0 radical (unpaired) electrons. The van der Waals surface area contributed by atoms with Crippen molar-refractivity contribution in [3.63, 3.8) is 0 Å². The summed E-state index contributed by atoms with van der Waals surface area (Å²) in [5.41, 5.74) is 3.02. The second-order valence-electron chi connectivity index (χ2n) is 3.45. The molecule has 0 unspecified atom stereocenters. The van der Waals surface area contributed by atoms with Crippen LogP contribution >= 0.6 is 0 Å². The highest BCUT2D eigenvalue weighted by molar-refractivity contribution is 5.99. The van der Waals surface area contributed by atoms with Crippen LogP contribution in [0.2, 0.25) is 0 Å². The summed E-state index contributed by atoms with van der Waals surface area (Å²) in [5.74, 6) is 0.206. The largest absolute Gasteiger partial charge is 0.282 e. The molecule has 0 amide bonds. The number of nitrogens with one attached hydrogen (secondary N) is 1. The Kier molecular flexibility index (Phi) is 2.92. The van der Waals surface area contributed by atoms with Gasteiger partial charge in [0.2, 0.25) is 0 Å². The molecule has 16 heavy (non-hydrogen) atoms. The molecule has 2 heteroatoms. The molecule has 0 aliphatic rings. The number of nitrogens with zero attached hydrogens (tertiary/aromatic N) is 1. The maximum Gasteiger partial charge on any atom is 0.151 e. The minimum Gasteiger partial charge on any atom is -0.282 e. The Balaban J connectivity index is 2.44. The second kappa shape index (κ2) is 4.53. The fourth-order valence-electron chi connectivity index (χ4n) is 1.57. The van der Waals surface area contributed by atoms with Gasteiger partial charge < -0.3 is 0 Å². The van der Waals surface area contributed by atoms with Crippen molar-refractivity contribution in [2.24, 2.45) is 4.99 Å². The van der Waals surface area contributed by atoms with E-state index in [1.165, 1.54) is 0 Å². The molecule has 2 aromatic carbocycles. The van der Waals surface area contributed by atoms with Crippen molar-refractivity contribution in [1.82, 2.24) is 0 Å². The monoisotopic (exact) mass is 208 g/mol. The van der Waals surface area contributed by atoms with Gasteiger partial charge in [-0.3, -0.25) is 5.41 Å². The highest BCUT2D eigenvalue weighted by Crippen LogP contribution is 2.20. The zero-order valence-electron chi connectivity index (χ0n) is 8.85. The van der Waals surface area contributed by atoms with E-state index in [-0.39, 0.29) is 5.84 Å². The number of amidine groups is 1. The first-order chi connectivity index (χ1) is 7.81. The molecular weight excluding hydrogens is 196 g/mol. The van der Waals surface area contributed by atoms with Crippen molar-refractivity contribution in [2.45, 2.75) is 0 Å². The van der Waals surface area contributed by atoms with Gasteiger partial charge in [-0.05, 0) is 23.9 Å². The molecule has 2 aromatic rings. The summed E-state index contributed by atoms with van der Waals surface area (Å²) in [7, 11) is 0. The van der Waals surface area contributed by atoms with E-state index < -0.39 is 0 Å². The fourth-order valence-corrected chi connectivity index (χ4v) is 1.57. The molecule has 0 saturated carbocycles. The Bertz CT molecular complexity index is 515. The quantitative estimate of drug-likeness (QED) is 0.580. The summed E-state index contributed by atoms with van der Waals surface area (Å²) in [6.07, 6.45) is 0. The van der Waals surface area contributed by atoms with Crippen LogP contribution in [0, 0.1) is 5.41 Å². The Morgan fingerprint density at radius 2 is 1.62 bits per heavy atom. The van der Waals surface area contributed by atoms with Crippen LogP contribution in [0.3, 0.4) is 0 Å². The smallest absolute Gasteiger partial charge is 0.151 e. The molecule has 0 aliphatic heterocycles. The van der Waals surface area contributed by atoms with Crippen LogP contribution in [-0.2, 0) is 0 Å². The first-order valence-corrected chi connectivity index (χ1v) is 5.02. The van der Waals surface area contributed by atoms with Crippen molar-refractivity contribution in [3.05, 3.63) is 60.2 Å². The summed E-state index contributed by atoms with van der Waals surface area (Å²) >= 11 is 0. The van der Waals surface area contributed by atoms with Gasteiger partial charge in [-0.25, -0.2) is 4.99 Å². The van der Waals surface area contributed by atoms with Crippen LogP contribution < -0.4 is 0 Å². The summed E-state index contributed by atoms with van der Waals surface area (Å²) < 4.78 is 0. The highest BCUT2D eigenvalue weighted by atomic mass is 14.8. The van der Waals surface area contributed by atoms with Gasteiger partial charge in [0.1, 0.15) is 0 Å². The lowest BCUT2D eigenvalue weighted by molar-refractivity contribution is 1.43. The topological polar surface area (TPSA) is 36.2 Å². The predicted octanol–water partition coefficient (Wildman–Crippen LogP) is 3.38. The Morgan fingerprint density at radius 3 is 2.31 bits per heavy atom. The van der Waals surface area contributed by atoms with Gasteiger partial charge in [0.25, 0.3) is 0 Å². The molecule has 0 heterocycles. The Labute approximate surface area is 94.8 Å². The van der Waals surface area contributed by atoms with E-state index >= 15 is 0 Å². The van der Waals surface area contributed by atoms with E-state index in [1.807, 2.05) is 54.6 Å². The highest BCUT2D eigenvalue weighted by Gasteiger charge is 2.01. The van der Waals surface area contributed by atoms with E-state index in [2.05, 4.69) is 11.7 Å². The van der Waals surface area contributed by atoms with E-state index in [1.54, 1.807) is 0 Å². The normalized spacial score (nSPS) is 9.75. The predicted molar refractivity (Wildman–Crippen MR) is 68.3 cm³/mol. The van der Waals surface area contributed by atoms with Crippen LogP contribution in [0.5, 0.6) is 0 Å². The minimum absolute atomic E-state index is 0.206. The summed E-state index contributed by atoms with van der Waals surface area (Å²) in [6, 6.07) is 17.8. The molecule has 0 saturated heterocycles. The number of benzene rings is 2. The van der Waals surface area contributed by atoms with Gasteiger partial charge in [0.05, 0.1) is 0 Å². The molecule has 2 nitrogen and oxygen atoms in total. The van der Waals surface area contributed by atoms with E-state index in [9.17, 15) is 0 Å². The molecule has 1 N–H and O–H groups in total. The molecule has 0 aliphatic carbocycles. The van der Waals surface area contributed by atoms with Crippen LogP contribution in [0.1, 0.15) is 5.56 Å². The SMILES string of the molecule is C=NC(=N)c1cccc(-c2ccccc2)c1. The average molecular weight is 208 g/mol. The molecule has 2 rings (SSSR count). The zero-order chi connectivity index (χ0) is 11.4. The van der Waals surface area contributed by atoms with Crippen molar-refractivity contribution in [2.75, 3.05) is 0 Å². The molecule has 0 atom stereocenters. The molecule has 78 valence electrons. The van der Waals surface area contributed by atoms with Gasteiger partial charge in [0, 0.05) is 5.56 Å². The number of rotatable bonds is 2. The van der Waals surface area contributed by atoms with Crippen LogP contribution in [0.4, 0.5) is 0 Å². The first kappa shape index (κ1) is 10.3.